The van der Waals surface area contributed by atoms with Crippen molar-refractivity contribution < 1.29 is 23.5 Å². The second-order valence-corrected chi connectivity index (χ2v) is 5.85. The SMILES string of the molecule is O=C(COC(=O)CC1CCCC1)NCC(=O)Nc1ccc(F)cc1. The molecular formula is C17H21FN2O4. The van der Waals surface area contributed by atoms with Crippen molar-refractivity contribution in [2.75, 3.05) is 18.5 Å². The van der Waals surface area contributed by atoms with Gasteiger partial charge in [0.1, 0.15) is 5.82 Å². The lowest BCUT2D eigenvalue weighted by Crippen LogP contribution is -2.35. The Morgan fingerprint density at radius 2 is 1.75 bits per heavy atom. The number of anilines is 1. The monoisotopic (exact) mass is 336 g/mol. The Bertz CT molecular complexity index is 583. The van der Waals surface area contributed by atoms with E-state index in [9.17, 15) is 18.8 Å². The van der Waals surface area contributed by atoms with E-state index < -0.39 is 24.2 Å². The number of hydrogen-bond acceptors (Lipinski definition) is 4. The molecular weight excluding hydrogens is 315 g/mol. The molecule has 0 aromatic heterocycles. The Labute approximate surface area is 139 Å². The van der Waals surface area contributed by atoms with E-state index in [-0.39, 0.29) is 12.5 Å². The predicted octanol–water partition coefficient (Wildman–Crippen LogP) is 2.00. The summed E-state index contributed by atoms with van der Waals surface area (Å²) in [6.45, 7) is -0.647. The quantitative estimate of drug-likeness (QED) is 0.746. The summed E-state index contributed by atoms with van der Waals surface area (Å²) >= 11 is 0. The van der Waals surface area contributed by atoms with E-state index in [0.717, 1.165) is 25.7 Å². The molecule has 130 valence electrons. The van der Waals surface area contributed by atoms with Gasteiger partial charge in [-0.05, 0) is 43.0 Å². The highest BCUT2D eigenvalue weighted by molar-refractivity contribution is 5.94. The third kappa shape index (κ3) is 6.36. The van der Waals surface area contributed by atoms with E-state index in [4.69, 9.17) is 4.74 Å². The Hall–Kier alpha value is -2.44. The van der Waals surface area contributed by atoms with Crippen molar-refractivity contribution in [1.82, 2.24) is 5.32 Å². The predicted molar refractivity (Wildman–Crippen MR) is 85.6 cm³/mol. The first-order valence-corrected chi connectivity index (χ1v) is 8.00. The van der Waals surface area contributed by atoms with Gasteiger partial charge in [0.25, 0.3) is 5.91 Å². The summed E-state index contributed by atoms with van der Waals surface area (Å²) in [7, 11) is 0. The average molecular weight is 336 g/mol. The molecule has 24 heavy (non-hydrogen) atoms. The Morgan fingerprint density at radius 3 is 2.42 bits per heavy atom. The van der Waals surface area contributed by atoms with Crippen LogP contribution in [-0.2, 0) is 19.1 Å². The molecule has 0 saturated heterocycles. The van der Waals surface area contributed by atoms with Crippen LogP contribution in [0.1, 0.15) is 32.1 Å². The number of carbonyl (C=O) groups excluding carboxylic acids is 3. The van der Waals surface area contributed by atoms with E-state index in [0.29, 0.717) is 18.0 Å². The highest BCUT2D eigenvalue weighted by Crippen LogP contribution is 2.27. The maximum atomic E-state index is 12.7. The van der Waals surface area contributed by atoms with Gasteiger partial charge < -0.3 is 15.4 Å². The van der Waals surface area contributed by atoms with Crippen LogP contribution in [0.5, 0.6) is 0 Å². The number of benzene rings is 1. The van der Waals surface area contributed by atoms with Crippen LogP contribution >= 0.6 is 0 Å². The van der Waals surface area contributed by atoms with Crippen LogP contribution in [0.25, 0.3) is 0 Å². The topological polar surface area (TPSA) is 84.5 Å². The first kappa shape index (κ1) is 17.9. The maximum Gasteiger partial charge on any atom is 0.306 e. The van der Waals surface area contributed by atoms with Crippen molar-refractivity contribution in [1.29, 1.82) is 0 Å². The third-order valence-electron chi connectivity index (χ3n) is 3.87. The zero-order valence-electron chi connectivity index (χ0n) is 13.3. The lowest BCUT2D eigenvalue weighted by atomic mass is 10.1. The summed E-state index contributed by atoms with van der Waals surface area (Å²) in [5.74, 6) is -1.41. The van der Waals surface area contributed by atoms with Crippen molar-refractivity contribution >= 4 is 23.5 Å². The molecule has 2 amide bonds. The third-order valence-corrected chi connectivity index (χ3v) is 3.87. The molecule has 1 aliphatic carbocycles. The van der Waals surface area contributed by atoms with Crippen molar-refractivity contribution in [2.24, 2.45) is 5.92 Å². The molecule has 1 aliphatic rings. The maximum absolute atomic E-state index is 12.7. The number of esters is 1. The van der Waals surface area contributed by atoms with Crippen molar-refractivity contribution in [3.8, 4) is 0 Å². The fourth-order valence-electron chi connectivity index (χ4n) is 2.62. The molecule has 0 aliphatic heterocycles. The van der Waals surface area contributed by atoms with Crippen LogP contribution in [0.3, 0.4) is 0 Å². The van der Waals surface area contributed by atoms with E-state index in [1.807, 2.05) is 0 Å². The Balaban J connectivity index is 1.60. The summed E-state index contributed by atoms with van der Waals surface area (Å²) in [6, 6.07) is 5.27. The second-order valence-electron chi connectivity index (χ2n) is 5.85. The molecule has 0 radical (unpaired) electrons. The summed E-state index contributed by atoms with van der Waals surface area (Å²) in [6.07, 6.45) is 4.69. The molecule has 0 unspecified atom stereocenters. The number of rotatable bonds is 7. The van der Waals surface area contributed by atoms with Gasteiger partial charge >= 0.3 is 5.97 Å². The largest absolute Gasteiger partial charge is 0.456 e. The number of ether oxygens (including phenoxy) is 1. The average Bonchev–Trinajstić information content (AvgIpc) is 3.06. The minimum Gasteiger partial charge on any atom is -0.456 e. The molecule has 0 spiro atoms. The molecule has 6 nitrogen and oxygen atoms in total. The van der Waals surface area contributed by atoms with Crippen LogP contribution < -0.4 is 10.6 Å². The van der Waals surface area contributed by atoms with Gasteiger partial charge in [-0.25, -0.2) is 4.39 Å². The van der Waals surface area contributed by atoms with Gasteiger partial charge in [-0.15, -0.1) is 0 Å². The molecule has 7 heteroatoms. The zero-order chi connectivity index (χ0) is 17.4. The summed E-state index contributed by atoms with van der Waals surface area (Å²) in [5, 5.41) is 4.87. The van der Waals surface area contributed by atoms with Crippen LogP contribution in [0.15, 0.2) is 24.3 Å². The molecule has 2 N–H and O–H groups in total. The Kier molecular flexibility index (Phi) is 6.72. The van der Waals surface area contributed by atoms with Gasteiger partial charge in [-0.2, -0.15) is 0 Å². The van der Waals surface area contributed by atoms with Gasteiger partial charge in [-0.3, -0.25) is 14.4 Å². The highest BCUT2D eigenvalue weighted by Gasteiger charge is 2.19. The van der Waals surface area contributed by atoms with E-state index in [1.54, 1.807) is 0 Å². The fraction of sp³-hybridized carbons (Fsp3) is 0.471. The minimum absolute atomic E-state index is 0.254. The number of nitrogens with one attached hydrogen (secondary N) is 2. The Morgan fingerprint density at radius 1 is 1.08 bits per heavy atom. The van der Waals surface area contributed by atoms with Gasteiger partial charge in [0.15, 0.2) is 6.61 Å². The zero-order valence-corrected chi connectivity index (χ0v) is 13.3. The van der Waals surface area contributed by atoms with Crippen LogP contribution in [-0.4, -0.2) is 30.9 Å². The smallest absolute Gasteiger partial charge is 0.306 e. The van der Waals surface area contributed by atoms with E-state index in [2.05, 4.69) is 10.6 Å². The van der Waals surface area contributed by atoms with Crippen LogP contribution in [0.4, 0.5) is 10.1 Å². The van der Waals surface area contributed by atoms with Gasteiger partial charge in [0, 0.05) is 12.1 Å². The van der Waals surface area contributed by atoms with Crippen LogP contribution in [0, 0.1) is 11.7 Å². The normalized spacial score (nSPS) is 14.2. The lowest BCUT2D eigenvalue weighted by Gasteiger charge is -2.09. The number of carbonyl (C=O) groups is 3. The van der Waals surface area contributed by atoms with Crippen molar-refractivity contribution in [2.45, 2.75) is 32.1 Å². The van der Waals surface area contributed by atoms with Crippen molar-refractivity contribution in [3.63, 3.8) is 0 Å². The molecule has 0 atom stereocenters. The van der Waals surface area contributed by atoms with E-state index >= 15 is 0 Å². The molecule has 2 rings (SSSR count). The first-order chi connectivity index (χ1) is 11.5. The van der Waals surface area contributed by atoms with Crippen LogP contribution in [0.2, 0.25) is 0 Å². The first-order valence-electron chi connectivity index (χ1n) is 8.00. The summed E-state index contributed by atoms with van der Waals surface area (Å²) in [5.41, 5.74) is 0.429. The molecule has 1 fully saturated rings. The standard InChI is InChI=1S/C17H21FN2O4/c18-13-5-7-14(8-6-13)20-15(21)10-19-16(22)11-24-17(23)9-12-3-1-2-4-12/h5-8,12H,1-4,9-11H2,(H,19,22)(H,20,21). The molecule has 1 aromatic carbocycles. The van der Waals surface area contributed by atoms with E-state index in [1.165, 1.54) is 24.3 Å². The van der Waals surface area contributed by atoms with Gasteiger partial charge in [-0.1, -0.05) is 12.8 Å². The molecule has 0 bridgehead atoms. The minimum atomic E-state index is -0.538. The highest BCUT2D eigenvalue weighted by atomic mass is 19.1. The molecule has 1 saturated carbocycles. The lowest BCUT2D eigenvalue weighted by molar-refractivity contribution is -0.149. The van der Waals surface area contributed by atoms with Gasteiger partial charge in [0.2, 0.25) is 5.91 Å². The molecule has 0 heterocycles. The molecule has 1 aromatic rings. The number of halogens is 1. The number of hydrogen-bond donors (Lipinski definition) is 2. The van der Waals surface area contributed by atoms with Crippen molar-refractivity contribution in [3.05, 3.63) is 30.1 Å². The fourth-order valence-corrected chi connectivity index (χ4v) is 2.62. The van der Waals surface area contributed by atoms with Gasteiger partial charge in [0.05, 0.1) is 6.54 Å². The second kappa shape index (κ2) is 9.00. The summed E-state index contributed by atoms with van der Waals surface area (Å²) < 4.78 is 17.6. The number of amides is 2. The summed E-state index contributed by atoms with van der Waals surface area (Å²) in [4.78, 5) is 34.8.